The van der Waals surface area contributed by atoms with Crippen molar-refractivity contribution in [1.82, 2.24) is 14.5 Å². The van der Waals surface area contributed by atoms with Gasteiger partial charge in [-0.3, -0.25) is 4.90 Å². The maximum Gasteiger partial charge on any atom is 0.122 e. The lowest BCUT2D eigenvalue weighted by molar-refractivity contribution is 0.156. The Hall–Kier alpha value is -1.36. The lowest BCUT2D eigenvalue weighted by atomic mass is 10.0. The molecule has 0 amide bonds. The molecule has 0 radical (unpaired) electrons. The summed E-state index contributed by atoms with van der Waals surface area (Å²) in [4.78, 5) is 6.78. The van der Waals surface area contributed by atoms with E-state index in [4.69, 9.17) is 17.3 Å². The minimum atomic E-state index is 0.193. The van der Waals surface area contributed by atoms with Crippen molar-refractivity contribution in [1.29, 1.82) is 0 Å². The van der Waals surface area contributed by atoms with Crippen molar-refractivity contribution in [2.75, 3.05) is 13.1 Å². The number of aryl methyl sites for hydroxylation is 1. The van der Waals surface area contributed by atoms with E-state index in [-0.39, 0.29) is 6.04 Å². The molecule has 2 aromatic rings. The first kappa shape index (κ1) is 13.6. The van der Waals surface area contributed by atoms with Gasteiger partial charge in [-0.1, -0.05) is 23.7 Å². The van der Waals surface area contributed by atoms with Crippen molar-refractivity contribution in [3.05, 3.63) is 52.6 Å². The van der Waals surface area contributed by atoms with Crippen LogP contribution in [0.15, 0.2) is 30.6 Å². The van der Waals surface area contributed by atoms with Crippen LogP contribution in [-0.2, 0) is 13.1 Å². The number of hydrogen-bond acceptors (Lipinski definition) is 3. The highest BCUT2D eigenvalue weighted by Gasteiger charge is 2.24. The third-order valence-corrected chi connectivity index (χ3v) is 4.43. The fraction of sp³-hybridized carbons (Fsp3) is 0.400. The molecule has 106 valence electrons. The van der Waals surface area contributed by atoms with Gasteiger partial charge in [0, 0.05) is 43.1 Å². The van der Waals surface area contributed by atoms with E-state index < -0.39 is 0 Å². The average molecular weight is 291 g/mol. The summed E-state index contributed by atoms with van der Waals surface area (Å²) < 4.78 is 2.20. The van der Waals surface area contributed by atoms with Gasteiger partial charge in [0.05, 0.1) is 6.54 Å². The lowest BCUT2D eigenvalue weighted by Gasteiger charge is -2.34. The van der Waals surface area contributed by atoms with E-state index in [2.05, 4.69) is 26.6 Å². The molecule has 0 saturated carbocycles. The molecule has 0 saturated heterocycles. The van der Waals surface area contributed by atoms with Gasteiger partial charge in [0.25, 0.3) is 0 Å². The van der Waals surface area contributed by atoms with Crippen LogP contribution in [0.5, 0.6) is 0 Å². The first-order chi connectivity index (χ1) is 9.69. The molecule has 0 aliphatic carbocycles. The van der Waals surface area contributed by atoms with Gasteiger partial charge >= 0.3 is 0 Å². The number of nitrogens with zero attached hydrogens (tertiary/aromatic N) is 3. The van der Waals surface area contributed by atoms with E-state index in [1.807, 2.05) is 25.4 Å². The topological polar surface area (TPSA) is 47.1 Å². The molecule has 0 spiro atoms. The van der Waals surface area contributed by atoms with Gasteiger partial charge in [0.2, 0.25) is 0 Å². The normalized spacial score (nSPS) is 16.9. The summed E-state index contributed by atoms with van der Waals surface area (Å²) >= 11 is 6.24. The molecular weight excluding hydrogens is 272 g/mol. The SMILES string of the molecule is Cc1ccc(C(CN)N2CCn3ccnc3C2)cc1Cl. The van der Waals surface area contributed by atoms with Crippen molar-refractivity contribution in [3.63, 3.8) is 0 Å². The Kier molecular flexibility index (Phi) is 3.78. The van der Waals surface area contributed by atoms with Crippen LogP contribution < -0.4 is 5.73 Å². The molecule has 0 bridgehead atoms. The summed E-state index contributed by atoms with van der Waals surface area (Å²) in [6.45, 7) is 5.38. The molecule has 0 fully saturated rings. The molecule has 3 rings (SSSR count). The van der Waals surface area contributed by atoms with E-state index in [1.54, 1.807) is 0 Å². The second-order valence-corrected chi connectivity index (χ2v) is 5.67. The Morgan fingerprint density at radius 1 is 1.40 bits per heavy atom. The molecule has 4 nitrogen and oxygen atoms in total. The second kappa shape index (κ2) is 5.56. The Morgan fingerprint density at radius 2 is 2.25 bits per heavy atom. The summed E-state index contributed by atoms with van der Waals surface area (Å²) in [5.41, 5.74) is 8.29. The van der Waals surface area contributed by atoms with E-state index >= 15 is 0 Å². The highest BCUT2D eigenvalue weighted by Crippen LogP contribution is 2.27. The zero-order valence-corrected chi connectivity index (χ0v) is 12.3. The van der Waals surface area contributed by atoms with Crippen molar-refractivity contribution in [3.8, 4) is 0 Å². The van der Waals surface area contributed by atoms with Crippen LogP contribution in [0.2, 0.25) is 5.02 Å². The minimum Gasteiger partial charge on any atom is -0.333 e. The number of rotatable bonds is 3. The molecular formula is C15H19ClN4. The number of nitrogens with two attached hydrogens (primary N) is 1. The Balaban J connectivity index is 1.85. The first-order valence-corrected chi connectivity index (χ1v) is 7.27. The zero-order chi connectivity index (χ0) is 14.1. The maximum absolute atomic E-state index is 6.24. The summed E-state index contributed by atoms with van der Waals surface area (Å²) in [6, 6.07) is 6.42. The predicted octanol–water partition coefficient (Wildman–Crippen LogP) is 2.36. The van der Waals surface area contributed by atoms with Crippen LogP contribution in [0.1, 0.15) is 23.0 Å². The van der Waals surface area contributed by atoms with Crippen LogP contribution in [0.4, 0.5) is 0 Å². The highest BCUT2D eigenvalue weighted by molar-refractivity contribution is 6.31. The fourth-order valence-electron chi connectivity index (χ4n) is 2.77. The maximum atomic E-state index is 6.24. The van der Waals surface area contributed by atoms with E-state index in [1.165, 1.54) is 5.56 Å². The number of halogens is 1. The number of benzene rings is 1. The highest BCUT2D eigenvalue weighted by atomic mass is 35.5. The first-order valence-electron chi connectivity index (χ1n) is 6.89. The van der Waals surface area contributed by atoms with E-state index in [0.29, 0.717) is 6.54 Å². The molecule has 1 aromatic heterocycles. The van der Waals surface area contributed by atoms with Gasteiger partial charge in [0.1, 0.15) is 5.82 Å². The summed E-state index contributed by atoms with van der Waals surface area (Å²) in [5.74, 6) is 1.10. The smallest absolute Gasteiger partial charge is 0.122 e. The van der Waals surface area contributed by atoms with Gasteiger partial charge in [-0.05, 0) is 24.1 Å². The van der Waals surface area contributed by atoms with E-state index in [9.17, 15) is 0 Å². The van der Waals surface area contributed by atoms with Gasteiger partial charge in [-0.2, -0.15) is 0 Å². The molecule has 1 aromatic carbocycles. The van der Waals surface area contributed by atoms with Crippen LogP contribution in [0.3, 0.4) is 0 Å². The minimum absolute atomic E-state index is 0.193. The van der Waals surface area contributed by atoms with E-state index in [0.717, 1.165) is 36.0 Å². The quantitative estimate of drug-likeness (QED) is 0.944. The molecule has 2 N–H and O–H groups in total. The number of fused-ring (bicyclic) bond motifs is 1. The molecule has 1 aliphatic rings. The molecule has 1 atom stereocenters. The molecule has 2 heterocycles. The Labute approximate surface area is 124 Å². The largest absolute Gasteiger partial charge is 0.333 e. The monoisotopic (exact) mass is 290 g/mol. The number of imidazole rings is 1. The van der Waals surface area contributed by atoms with Gasteiger partial charge in [-0.15, -0.1) is 0 Å². The van der Waals surface area contributed by atoms with Crippen molar-refractivity contribution in [2.45, 2.75) is 26.1 Å². The lowest BCUT2D eigenvalue weighted by Crippen LogP contribution is -2.39. The van der Waals surface area contributed by atoms with Crippen LogP contribution in [0.25, 0.3) is 0 Å². The van der Waals surface area contributed by atoms with Crippen LogP contribution >= 0.6 is 11.6 Å². The van der Waals surface area contributed by atoms with Crippen LogP contribution in [0, 0.1) is 6.92 Å². The zero-order valence-electron chi connectivity index (χ0n) is 11.6. The second-order valence-electron chi connectivity index (χ2n) is 5.27. The Bertz CT molecular complexity index is 608. The van der Waals surface area contributed by atoms with Crippen molar-refractivity contribution >= 4 is 11.6 Å². The molecule has 1 aliphatic heterocycles. The summed E-state index contributed by atoms with van der Waals surface area (Å²) in [6.07, 6.45) is 3.89. The summed E-state index contributed by atoms with van der Waals surface area (Å²) in [5, 5.41) is 0.805. The van der Waals surface area contributed by atoms with Gasteiger partial charge in [-0.25, -0.2) is 4.98 Å². The number of hydrogen-bond donors (Lipinski definition) is 1. The molecule has 1 unspecified atom stereocenters. The van der Waals surface area contributed by atoms with Crippen molar-refractivity contribution in [2.24, 2.45) is 5.73 Å². The molecule has 5 heteroatoms. The van der Waals surface area contributed by atoms with Gasteiger partial charge in [0.15, 0.2) is 0 Å². The molecule has 20 heavy (non-hydrogen) atoms. The fourth-order valence-corrected chi connectivity index (χ4v) is 2.96. The number of aromatic nitrogens is 2. The van der Waals surface area contributed by atoms with Crippen LogP contribution in [-0.4, -0.2) is 27.5 Å². The van der Waals surface area contributed by atoms with Gasteiger partial charge < -0.3 is 10.3 Å². The summed E-state index contributed by atoms with van der Waals surface area (Å²) in [7, 11) is 0. The average Bonchev–Trinajstić information content (AvgIpc) is 2.91. The third kappa shape index (κ3) is 2.46. The van der Waals surface area contributed by atoms with Crippen molar-refractivity contribution < 1.29 is 0 Å². The Morgan fingerprint density at radius 3 is 3.00 bits per heavy atom. The predicted molar refractivity (Wildman–Crippen MR) is 80.6 cm³/mol. The standard InChI is InChI=1S/C15H19ClN4/c1-11-2-3-12(8-13(11)16)14(9-17)20-7-6-19-5-4-18-15(19)10-20/h2-5,8,14H,6-7,9-10,17H2,1H3. The third-order valence-electron chi connectivity index (χ3n) is 4.02.